The van der Waals surface area contributed by atoms with Crippen molar-refractivity contribution in [2.75, 3.05) is 11.9 Å². The van der Waals surface area contributed by atoms with E-state index in [9.17, 15) is 18.3 Å². The maximum absolute atomic E-state index is 13.0. The average Bonchev–Trinajstić information content (AvgIpc) is 3.35. The number of aliphatic hydroxyl groups is 1. The Morgan fingerprint density at radius 3 is 2.64 bits per heavy atom. The average molecular weight is 474 g/mol. The molecule has 1 heterocycles. The number of aromatic nitrogens is 1. The monoisotopic (exact) mass is 473 g/mol. The number of anilines is 1. The molecule has 0 aliphatic heterocycles. The fraction of sp³-hybridized carbons (Fsp3) is 0.500. The number of aryl methyl sites for hydroxylation is 1. The van der Waals surface area contributed by atoms with Gasteiger partial charge in [-0.3, -0.25) is 4.79 Å². The van der Waals surface area contributed by atoms with Crippen LogP contribution in [0.3, 0.4) is 0 Å². The summed E-state index contributed by atoms with van der Waals surface area (Å²) in [5, 5.41) is 12.0. The molecule has 4 rings (SSSR count). The predicted molar refractivity (Wildman–Crippen MR) is 125 cm³/mol. The highest BCUT2D eigenvalue weighted by molar-refractivity contribution is 7.90. The van der Waals surface area contributed by atoms with Gasteiger partial charge in [0, 0.05) is 19.4 Å². The maximum Gasteiger partial charge on any atom is 0.281 e. The van der Waals surface area contributed by atoms with Crippen LogP contribution >= 0.6 is 0 Å². The Morgan fingerprint density at radius 1 is 1.24 bits per heavy atom. The lowest BCUT2D eigenvalue weighted by Crippen LogP contribution is -2.43. The van der Waals surface area contributed by atoms with Gasteiger partial charge in [-0.25, -0.2) is 9.71 Å². The van der Waals surface area contributed by atoms with Crippen LogP contribution in [0.15, 0.2) is 41.4 Å². The molecular weight excluding hydrogens is 442 g/mol. The van der Waals surface area contributed by atoms with Crippen molar-refractivity contribution in [3.05, 3.63) is 47.5 Å². The molecule has 1 amide bonds. The Labute approximate surface area is 194 Å². The molecule has 178 valence electrons. The first-order chi connectivity index (χ1) is 15.7. The third-order valence-electron chi connectivity index (χ3n) is 6.19. The molecular formula is C24H31N3O5S. The number of rotatable bonds is 9. The molecule has 2 aliphatic carbocycles. The number of nitrogens with one attached hydrogen (secondary N) is 2. The lowest BCUT2D eigenvalue weighted by molar-refractivity contribution is -0.128. The van der Waals surface area contributed by atoms with E-state index in [4.69, 9.17) is 4.74 Å². The SMILES string of the molecule is Cc1ccc(C2CCCC2)c(OC2(C(=O)NS(=O)(=O)c3cccc(NC[C@@H](C)O)n3)CC2)c1. The topological polar surface area (TPSA) is 118 Å². The van der Waals surface area contributed by atoms with Crippen LogP contribution in [-0.4, -0.2) is 42.7 Å². The van der Waals surface area contributed by atoms with Gasteiger partial charge in [-0.05, 0) is 61.9 Å². The zero-order valence-electron chi connectivity index (χ0n) is 19.0. The number of carbonyl (C=O) groups is 1. The first-order valence-corrected chi connectivity index (χ1v) is 12.9. The van der Waals surface area contributed by atoms with E-state index in [1.807, 2.05) is 13.0 Å². The molecule has 2 aliphatic rings. The first kappa shape index (κ1) is 23.5. The van der Waals surface area contributed by atoms with Crippen molar-refractivity contribution in [2.45, 2.75) is 75.0 Å². The summed E-state index contributed by atoms with van der Waals surface area (Å²) in [6.45, 7) is 3.80. The van der Waals surface area contributed by atoms with Crippen LogP contribution in [0.4, 0.5) is 5.82 Å². The van der Waals surface area contributed by atoms with E-state index < -0.39 is 27.6 Å². The lowest BCUT2D eigenvalue weighted by atomic mass is 9.95. The molecule has 0 saturated heterocycles. The highest BCUT2D eigenvalue weighted by Gasteiger charge is 2.54. The summed E-state index contributed by atoms with van der Waals surface area (Å²) < 4.78 is 34.1. The summed E-state index contributed by atoms with van der Waals surface area (Å²) in [7, 11) is -4.18. The molecule has 2 saturated carbocycles. The summed E-state index contributed by atoms with van der Waals surface area (Å²) in [5.41, 5.74) is 0.941. The maximum atomic E-state index is 13.0. The summed E-state index contributed by atoms with van der Waals surface area (Å²) in [6, 6.07) is 10.5. The Balaban J connectivity index is 1.50. The highest BCUT2D eigenvalue weighted by atomic mass is 32.2. The molecule has 0 bridgehead atoms. The zero-order valence-corrected chi connectivity index (χ0v) is 19.8. The van der Waals surface area contributed by atoms with Gasteiger partial charge in [-0.2, -0.15) is 8.42 Å². The van der Waals surface area contributed by atoms with E-state index >= 15 is 0 Å². The van der Waals surface area contributed by atoms with Crippen LogP contribution in [0.5, 0.6) is 5.75 Å². The van der Waals surface area contributed by atoms with Crippen molar-refractivity contribution in [3.63, 3.8) is 0 Å². The fourth-order valence-corrected chi connectivity index (χ4v) is 5.20. The second-order valence-electron chi connectivity index (χ2n) is 9.14. The normalized spacial score (nSPS) is 18.5. The van der Waals surface area contributed by atoms with Gasteiger partial charge in [0.25, 0.3) is 15.9 Å². The Morgan fingerprint density at radius 2 is 1.97 bits per heavy atom. The molecule has 33 heavy (non-hydrogen) atoms. The third kappa shape index (κ3) is 5.47. The van der Waals surface area contributed by atoms with Crippen LogP contribution in [0.25, 0.3) is 0 Å². The second kappa shape index (κ2) is 9.30. The number of sulfonamides is 1. The van der Waals surface area contributed by atoms with Crippen molar-refractivity contribution in [1.29, 1.82) is 0 Å². The van der Waals surface area contributed by atoms with Crippen molar-refractivity contribution in [2.24, 2.45) is 0 Å². The van der Waals surface area contributed by atoms with E-state index in [0.29, 0.717) is 30.3 Å². The highest BCUT2D eigenvalue weighted by Crippen LogP contribution is 2.45. The van der Waals surface area contributed by atoms with Crippen LogP contribution in [0.1, 0.15) is 62.5 Å². The zero-order chi connectivity index (χ0) is 23.6. The Bertz CT molecular complexity index is 1120. The largest absolute Gasteiger partial charge is 0.477 e. The summed E-state index contributed by atoms with van der Waals surface area (Å²) in [5.74, 6) is 0.703. The smallest absolute Gasteiger partial charge is 0.281 e. The summed E-state index contributed by atoms with van der Waals surface area (Å²) in [4.78, 5) is 17.1. The first-order valence-electron chi connectivity index (χ1n) is 11.4. The number of amides is 1. The minimum Gasteiger partial charge on any atom is -0.477 e. The molecule has 2 fully saturated rings. The number of hydrogen-bond donors (Lipinski definition) is 3. The van der Waals surface area contributed by atoms with Crippen molar-refractivity contribution < 1.29 is 23.1 Å². The van der Waals surface area contributed by atoms with Crippen LogP contribution in [0, 0.1) is 6.92 Å². The van der Waals surface area contributed by atoms with E-state index in [1.54, 1.807) is 13.0 Å². The quantitative estimate of drug-likeness (QED) is 0.512. The molecule has 8 nitrogen and oxygen atoms in total. The summed E-state index contributed by atoms with van der Waals surface area (Å²) >= 11 is 0. The van der Waals surface area contributed by atoms with Gasteiger partial charge in [0.15, 0.2) is 10.6 Å². The van der Waals surface area contributed by atoms with Gasteiger partial charge in [-0.1, -0.05) is 31.0 Å². The minimum absolute atomic E-state index is 0.222. The Kier molecular flexibility index (Phi) is 6.63. The number of ether oxygens (including phenoxy) is 1. The molecule has 2 aromatic rings. The summed E-state index contributed by atoms with van der Waals surface area (Å²) in [6.07, 6.45) is 4.84. The van der Waals surface area contributed by atoms with Gasteiger partial charge >= 0.3 is 0 Å². The van der Waals surface area contributed by atoms with E-state index in [-0.39, 0.29) is 11.6 Å². The van der Waals surface area contributed by atoms with Crippen molar-refractivity contribution in [1.82, 2.24) is 9.71 Å². The van der Waals surface area contributed by atoms with Crippen LogP contribution in [-0.2, 0) is 14.8 Å². The number of carbonyl (C=O) groups excluding carboxylic acids is 1. The molecule has 0 radical (unpaired) electrons. The van der Waals surface area contributed by atoms with E-state index in [0.717, 1.165) is 24.0 Å². The van der Waals surface area contributed by atoms with Crippen molar-refractivity contribution in [3.8, 4) is 5.75 Å². The standard InChI is InChI=1S/C24H31N3O5S/c1-16-10-11-19(18-6-3-4-7-18)20(14-16)32-24(12-13-24)23(29)27-33(30,31)22-9-5-8-21(26-22)25-15-17(2)28/h5,8-11,14,17-18,28H,3-4,6-7,12-13,15H2,1-2H3,(H,25,26)(H,27,29)/t17-/m1/s1. The predicted octanol–water partition coefficient (Wildman–Crippen LogP) is 3.26. The number of pyridine rings is 1. The van der Waals surface area contributed by atoms with E-state index in [1.165, 1.54) is 25.0 Å². The molecule has 1 aromatic heterocycles. The molecule has 0 spiro atoms. The van der Waals surface area contributed by atoms with Gasteiger partial charge < -0.3 is 15.2 Å². The minimum atomic E-state index is -4.18. The number of benzene rings is 1. The van der Waals surface area contributed by atoms with Gasteiger partial charge in [0.05, 0.1) is 6.10 Å². The number of hydrogen-bond acceptors (Lipinski definition) is 7. The fourth-order valence-electron chi connectivity index (χ4n) is 4.19. The number of aliphatic hydroxyl groups excluding tert-OH is 1. The molecule has 1 aromatic carbocycles. The van der Waals surface area contributed by atoms with Crippen LogP contribution in [0.2, 0.25) is 0 Å². The molecule has 1 atom stereocenters. The molecule has 3 N–H and O–H groups in total. The van der Waals surface area contributed by atoms with Gasteiger partial charge in [-0.15, -0.1) is 0 Å². The van der Waals surface area contributed by atoms with Crippen LogP contribution < -0.4 is 14.8 Å². The number of nitrogens with zero attached hydrogens (tertiary/aromatic N) is 1. The van der Waals surface area contributed by atoms with Gasteiger partial charge in [0.1, 0.15) is 11.6 Å². The second-order valence-corrected chi connectivity index (χ2v) is 10.8. The van der Waals surface area contributed by atoms with Gasteiger partial charge in [0.2, 0.25) is 0 Å². The Hall–Kier alpha value is -2.65. The molecule has 0 unspecified atom stereocenters. The third-order valence-corrected chi connectivity index (χ3v) is 7.42. The van der Waals surface area contributed by atoms with Crippen molar-refractivity contribution >= 4 is 21.7 Å². The van der Waals surface area contributed by atoms with E-state index in [2.05, 4.69) is 27.2 Å². The lowest BCUT2D eigenvalue weighted by Gasteiger charge is -2.22. The molecule has 9 heteroatoms.